The van der Waals surface area contributed by atoms with Gasteiger partial charge in [0, 0.05) is 12.1 Å². The Morgan fingerprint density at radius 3 is 2.28 bits per heavy atom. The van der Waals surface area contributed by atoms with Crippen LogP contribution in [0.5, 0.6) is 5.75 Å². The summed E-state index contributed by atoms with van der Waals surface area (Å²) in [7, 11) is 0. The summed E-state index contributed by atoms with van der Waals surface area (Å²) in [6.45, 7) is 8.45. The number of amides is 1. The first-order valence-electron chi connectivity index (χ1n) is 9.92. The van der Waals surface area contributed by atoms with Crippen LogP contribution in [0.15, 0.2) is 59.9 Å². The number of aliphatic hydroxyl groups excluding tert-OH is 1. The van der Waals surface area contributed by atoms with Gasteiger partial charge in [-0.3, -0.25) is 14.5 Å². The molecule has 0 bridgehead atoms. The zero-order valence-electron chi connectivity index (χ0n) is 17.3. The summed E-state index contributed by atoms with van der Waals surface area (Å²) >= 11 is 0. The minimum absolute atomic E-state index is 0.147. The van der Waals surface area contributed by atoms with Gasteiger partial charge in [-0.25, -0.2) is 0 Å². The Morgan fingerprint density at radius 1 is 1.10 bits per heavy atom. The SMILES string of the molecule is CCC(=O)C1=C(O)C(=O)N(c2ccc(C)cc2)C1c1ccc(OCC(C)C)cc1. The van der Waals surface area contributed by atoms with Gasteiger partial charge in [-0.05, 0) is 42.7 Å². The van der Waals surface area contributed by atoms with Crippen molar-refractivity contribution in [3.8, 4) is 5.75 Å². The summed E-state index contributed by atoms with van der Waals surface area (Å²) in [5.74, 6) is -0.132. The highest BCUT2D eigenvalue weighted by Crippen LogP contribution is 2.41. The van der Waals surface area contributed by atoms with Gasteiger partial charge in [0.15, 0.2) is 11.5 Å². The molecule has 0 aliphatic carbocycles. The molecule has 2 aromatic rings. The van der Waals surface area contributed by atoms with Crippen LogP contribution in [-0.4, -0.2) is 23.4 Å². The minimum atomic E-state index is -0.670. The van der Waals surface area contributed by atoms with E-state index in [1.165, 1.54) is 4.90 Å². The molecule has 0 saturated heterocycles. The van der Waals surface area contributed by atoms with Crippen LogP contribution in [-0.2, 0) is 9.59 Å². The van der Waals surface area contributed by atoms with Crippen molar-refractivity contribution in [2.45, 2.75) is 40.2 Å². The number of anilines is 1. The maximum atomic E-state index is 12.9. The summed E-state index contributed by atoms with van der Waals surface area (Å²) in [6, 6.07) is 14.1. The van der Waals surface area contributed by atoms with Crippen molar-refractivity contribution in [2.75, 3.05) is 11.5 Å². The second kappa shape index (κ2) is 8.52. The van der Waals surface area contributed by atoms with E-state index >= 15 is 0 Å². The van der Waals surface area contributed by atoms with Crippen LogP contribution in [0.4, 0.5) is 5.69 Å². The zero-order chi connectivity index (χ0) is 21.1. The molecule has 152 valence electrons. The monoisotopic (exact) mass is 393 g/mol. The van der Waals surface area contributed by atoms with Gasteiger partial charge in [-0.15, -0.1) is 0 Å². The molecule has 0 radical (unpaired) electrons. The highest BCUT2D eigenvalue weighted by molar-refractivity contribution is 6.16. The molecule has 0 spiro atoms. The lowest BCUT2D eigenvalue weighted by molar-refractivity contribution is -0.118. The summed E-state index contributed by atoms with van der Waals surface area (Å²) in [4.78, 5) is 27.0. The third-order valence-electron chi connectivity index (χ3n) is 4.92. The predicted octanol–water partition coefficient (Wildman–Crippen LogP) is 4.91. The average molecular weight is 393 g/mol. The molecule has 5 heteroatoms. The van der Waals surface area contributed by atoms with Crippen LogP contribution in [0.1, 0.15) is 44.4 Å². The fourth-order valence-electron chi connectivity index (χ4n) is 3.38. The van der Waals surface area contributed by atoms with E-state index in [2.05, 4.69) is 13.8 Å². The van der Waals surface area contributed by atoms with Crippen molar-refractivity contribution in [1.82, 2.24) is 0 Å². The molecule has 1 aliphatic rings. The van der Waals surface area contributed by atoms with Gasteiger partial charge in [0.05, 0.1) is 18.2 Å². The summed E-state index contributed by atoms with van der Waals surface area (Å²) in [5, 5.41) is 10.5. The van der Waals surface area contributed by atoms with Gasteiger partial charge in [0.2, 0.25) is 0 Å². The fraction of sp³-hybridized carbons (Fsp3) is 0.333. The average Bonchev–Trinajstić information content (AvgIpc) is 2.98. The van der Waals surface area contributed by atoms with Gasteiger partial charge in [-0.2, -0.15) is 0 Å². The quantitative estimate of drug-likeness (QED) is 0.726. The molecule has 1 N–H and O–H groups in total. The van der Waals surface area contributed by atoms with Crippen molar-refractivity contribution in [2.24, 2.45) is 5.92 Å². The van der Waals surface area contributed by atoms with Gasteiger partial charge in [0.1, 0.15) is 5.75 Å². The number of hydrogen-bond donors (Lipinski definition) is 1. The lowest BCUT2D eigenvalue weighted by Crippen LogP contribution is -2.31. The number of aryl methyl sites for hydroxylation is 1. The number of ketones is 1. The largest absolute Gasteiger partial charge is 0.503 e. The van der Waals surface area contributed by atoms with Crippen molar-refractivity contribution in [1.29, 1.82) is 0 Å². The number of carbonyl (C=O) groups excluding carboxylic acids is 2. The summed E-state index contributed by atoms with van der Waals surface area (Å²) in [6.07, 6.45) is 0.209. The molecule has 3 rings (SSSR count). The van der Waals surface area contributed by atoms with Crippen LogP contribution >= 0.6 is 0 Å². The van der Waals surface area contributed by atoms with Crippen molar-refractivity contribution >= 4 is 17.4 Å². The fourth-order valence-corrected chi connectivity index (χ4v) is 3.38. The van der Waals surface area contributed by atoms with E-state index < -0.39 is 17.7 Å². The standard InChI is InChI=1S/C24H27NO4/c1-5-20(26)21-22(17-8-12-19(13-9-17)29-14-15(2)3)25(24(28)23(21)27)18-10-6-16(4)7-11-18/h6-13,15,22,27H,5,14H2,1-4H3. The Balaban J connectivity index is 2.02. The maximum Gasteiger partial charge on any atom is 0.294 e. The molecule has 5 nitrogen and oxygen atoms in total. The molecule has 0 aromatic heterocycles. The molecule has 0 saturated carbocycles. The van der Waals surface area contributed by atoms with Crippen LogP contribution < -0.4 is 9.64 Å². The zero-order valence-corrected chi connectivity index (χ0v) is 17.3. The van der Waals surface area contributed by atoms with Crippen molar-refractivity contribution in [3.05, 3.63) is 71.0 Å². The highest BCUT2D eigenvalue weighted by atomic mass is 16.5. The lowest BCUT2D eigenvalue weighted by atomic mass is 9.94. The Hall–Kier alpha value is -3.08. The molecule has 2 aromatic carbocycles. The topological polar surface area (TPSA) is 66.8 Å². The van der Waals surface area contributed by atoms with Crippen LogP contribution in [0.2, 0.25) is 0 Å². The maximum absolute atomic E-state index is 12.9. The molecule has 1 amide bonds. The van der Waals surface area contributed by atoms with Crippen LogP contribution in [0, 0.1) is 12.8 Å². The van der Waals surface area contributed by atoms with Crippen LogP contribution in [0.3, 0.4) is 0 Å². The van der Waals surface area contributed by atoms with E-state index in [-0.39, 0.29) is 17.8 Å². The number of ether oxygens (including phenoxy) is 1. The van der Waals surface area contributed by atoms with Gasteiger partial charge >= 0.3 is 0 Å². The first-order chi connectivity index (χ1) is 13.8. The van der Waals surface area contributed by atoms with Gasteiger partial charge in [0.25, 0.3) is 5.91 Å². The lowest BCUT2D eigenvalue weighted by Gasteiger charge is -2.27. The first-order valence-corrected chi connectivity index (χ1v) is 9.92. The van der Waals surface area contributed by atoms with E-state index in [0.29, 0.717) is 18.2 Å². The Morgan fingerprint density at radius 2 is 1.72 bits per heavy atom. The minimum Gasteiger partial charge on any atom is -0.503 e. The summed E-state index contributed by atoms with van der Waals surface area (Å²) in [5.41, 5.74) is 2.59. The molecule has 1 aliphatic heterocycles. The third-order valence-corrected chi connectivity index (χ3v) is 4.92. The molecular formula is C24H27NO4. The van der Waals surface area contributed by atoms with Crippen LogP contribution in [0.25, 0.3) is 0 Å². The second-order valence-corrected chi connectivity index (χ2v) is 7.73. The molecule has 1 atom stereocenters. The Kier molecular flexibility index (Phi) is 6.06. The van der Waals surface area contributed by atoms with Gasteiger partial charge in [-0.1, -0.05) is 50.6 Å². The predicted molar refractivity (Wildman–Crippen MR) is 113 cm³/mol. The Bertz CT molecular complexity index is 926. The molecule has 1 heterocycles. The van der Waals surface area contributed by atoms with E-state index in [9.17, 15) is 14.7 Å². The normalized spacial score (nSPS) is 16.7. The molecule has 0 fully saturated rings. The number of aliphatic hydroxyl groups is 1. The smallest absolute Gasteiger partial charge is 0.294 e. The van der Waals surface area contributed by atoms with E-state index in [0.717, 1.165) is 16.9 Å². The number of benzene rings is 2. The van der Waals surface area contributed by atoms with Crippen molar-refractivity contribution in [3.63, 3.8) is 0 Å². The number of rotatable bonds is 7. The third kappa shape index (κ3) is 4.19. The summed E-state index contributed by atoms with van der Waals surface area (Å²) < 4.78 is 5.74. The second-order valence-electron chi connectivity index (χ2n) is 7.73. The van der Waals surface area contributed by atoms with Gasteiger partial charge < -0.3 is 9.84 Å². The van der Waals surface area contributed by atoms with E-state index in [1.54, 1.807) is 6.92 Å². The van der Waals surface area contributed by atoms with E-state index in [1.807, 2.05) is 55.5 Å². The number of Topliss-reactive ketones (excluding diaryl/α,β-unsaturated/α-hetero) is 1. The number of hydrogen-bond acceptors (Lipinski definition) is 4. The molecule has 29 heavy (non-hydrogen) atoms. The highest BCUT2D eigenvalue weighted by Gasteiger charge is 2.43. The van der Waals surface area contributed by atoms with Crippen molar-refractivity contribution < 1.29 is 19.4 Å². The molecule has 1 unspecified atom stereocenters. The number of nitrogens with zero attached hydrogens (tertiary/aromatic N) is 1. The number of carbonyl (C=O) groups is 2. The first kappa shape index (κ1) is 20.6. The Labute approximate surface area is 171 Å². The van der Waals surface area contributed by atoms with E-state index in [4.69, 9.17) is 4.74 Å². The molecular weight excluding hydrogens is 366 g/mol.